The summed E-state index contributed by atoms with van der Waals surface area (Å²) in [5.41, 5.74) is -2.77. The van der Waals surface area contributed by atoms with Gasteiger partial charge in [0.1, 0.15) is 5.60 Å². The summed E-state index contributed by atoms with van der Waals surface area (Å²) in [5, 5.41) is 12.1. The van der Waals surface area contributed by atoms with Crippen molar-refractivity contribution in [3.05, 3.63) is 0 Å². The summed E-state index contributed by atoms with van der Waals surface area (Å²) in [4.78, 5) is 35.6. The fourth-order valence-electron chi connectivity index (χ4n) is 2.00. The standard InChI is InChI=1S/C17H31NO8/c1-6-23-11-12-25-17(13(19)20,14(21)24-7-2)9-8-10-18-15(22)26-16(3,4)5/h6-12H2,1-5H3,(H,18,22)(H,19,20). The summed E-state index contributed by atoms with van der Waals surface area (Å²) in [7, 11) is 0. The lowest BCUT2D eigenvalue weighted by Crippen LogP contribution is -2.51. The number of carboxylic acid groups (broad SMARTS) is 1. The lowest BCUT2D eigenvalue weighted by molar-refractivity contribution is -0.190. The van der Waals surface area contributed by atoms with Gasteiger partial charge in [-0.1, -0.05) is 0 Å². The van der Waals surface area contributed by atoms with E-state index in [1.807, 2.05) is 0 Å². The minimum Gasteiger partial charge on any atom is -0.479 e. The Kier molecular flexibility index (Phi) is 10.8. The highest BCUT2D eigenvalue weighted by Crippen LogP contribution is 2.21. The topological polar surface area (TPSA) is 120 Å². The van der Waals surface area contributed by atoms with Crippen LogP contribution in [0.3, 0.4) is 0 Å². The van der Waals surface area contributed by atoms with Crippen LogP contribution in [0, 0.1) is 0 Å². The number of nitrogens with one attached hydrogen (secondary N) is 1. The molecule has 9 nitrogen and oxygen atoms in total. The molecule has 0 bridgehead atoms. The monoisotopic (exact) mass is 377 g/mol. The van der Waals surface area contributed by atoms with Crippen LogP contribution >= 0.6 is 0 Å². The van der Waals surface area contributed by atoms with Crippen LogP contribution in [0.1, 0.15) is 47.5 Å². The number of amides is 1. The lowest BCUT2D eigenvalue weighted by atomic mass is 9.97. The highest BCUT2D eigenvalue weighted by atomic mass is 16.6. The van der Waals surface area contributed by atoms with Crippen LogP contribution in [0.2, 0.25) is 0 Å². The molecule has 0 aromatic heterocycles. The Hall–Kier alpha value is -1.87. The molecule has 1 amide bonds. The summed E-state index contributed by atoms with van der Waals surface area (Å²) >= 11 is 0. The molecule has 0 heterocycles. The van der Waals surface area contributed by atoms with Crippen molar-refractivity contribution in [2.45, 2.75) is 58.7 Å². The number of esters is 1. The average Bonchev–Trinajstić information content (AvgIpc) is 2.51. The van der Waals surface area contributed by atoms with E-state index in [0.717, 1.165) is 0 Å². The molecular formula is C17H31NO8. The number of hydrogen-bond acceptors (Lipinski definition) is 7. The molecule has 0 aliphatic carbocycles. The van der Waals surface area contributed by atoms with Gasteiger partial charge in [0, 0.05) is 19.6 Å². The van der Waals surface area contributed by atoms with E-state index in [4.69, 9.17) is 18.9 Å². The van der Waals surface area contributed by atoms with Gasteiger partial charge in [-0.3, -0.25) is 0 Å². The minimum atomic E-state index is -2.14. The molecule has 9 heteroatoms. The molecule has 0 radical (unpaired) electrons. The van der Waals surface area contributed by atoms with Gasteiger partial charge in [0.15, 0.2) is 0 Å². The first-order valence-corrected chi connectivity index (χ1v) is 8.68. The Morgan fingerprint density at radius 1 is 1.04 bits per heavy atom. The van der Waals surface area contributed by atoms with Gasteiger partial charge in [-0.2, -0.15) is 0 Å². The molecule has 1 unspecified atom stereocenters. The normalized spacial score (nSPS) is 13.6. The first-order chi connectivity index (χ1) is 12.1. The van der Waals surface area contributed by atoms with E-state index in [0.29, 0.717) is 6.61 Å². The van der Waals surface area contributed by atoms with Gasteiger partial charge in [0.2, 0.25) is 0 Å². The van der Waals surface area contributed by atoms with Crippen molar-refractivity contribution in [2.24, 2.45) is 0 Å². The number of hydrogen-bond donors (Lipinski definition) is 2. The van der Waals surface area contributed by atoms with Crippen molar-refractivity contribution in [3.8, 4) is 0 Å². The van der Waals surface area contributed by atoms with Crippen molar-refractivity contribution in [3.63, 3.8) is 0 Å². The second-order valence-electron chi connectivity index (χ2n) is 6.43. The van der Waals surface area contributed by atoms with Gasteiger partial charge in [-0.25, -0.2) is 14.4 Å². The fraction of sp³-hybridized carbons (Fsp3) is 0.824. The smallest absolute Gasteiger partial charge is 0.407 e. The van der Waals surface area contributed by atoms with Crippen molar-refractivity contribution in [2.75, 3.05) is 33.0 Å². The number of carboxylic acids is 1. The van der Waals surface area contributed by atoms with E-state index in [1.165, 1.54) is 0 Å². The molecular weight excluding hydrogens is 346 g/mol. The van der Waals surface area contributed by atoms with Gasteiger partial charge >= 0.3 is 18.0 Å². The Balaban J connectivity index is 4.80. The second-order valence-corrected chi connectivity index (χ2v) is 6.43. The molecule has 0 aromatic rings. The van der Waals surface area contributed by atoms with E-state index in [1.54, 1.807) is 34.6 Å². The first-order valence-electron chi connectivity index (χ1n) is 8.68. The third kappa shape index (κ3) is 9.00. The van der Waals surface area contributed by atoms with E-state index in [9.17, 15) is 19.5 Å². The van der Waals surface area contributed by atoms with Crippen LogP contribution in [0.5, 0.6) is 0 Å². The van der Waals surface area contributed by atoms with Gasteiger partial charge in [0.25, 0.3) is 5.60 Å². The van der Waals surface area contributed by atoms with Gasteiger partial charge in [-0.15, -0.1) is 0 Å². The van der Waals surface area contributed by atoms with Gasteiger partial charge < -0.3 is 29.4 Å². The van der Waals surface area contributed by atoms with Crippen LogP contribution in [-0.4, -0.2) is 67.3 Å². The Morgan fingerprint density at radius 2 is 1.69 bits per heavy atom. The molecule has 0 rings (SSSR count). The highest BCUT2D eigenvalue weighted by Gasteiger charge is 2.48. The molecule has 0 saturated heterocycles. The third-order valence-electron chi connectivity index (χ3n) is 3.10. The number of alkyl carbamates (subject to hydrolysis) is 1. The van der Waals surface area contributed by atoms with E-state index >= 15 is 0 Å². The maximum absolute atomic E-state index is 12.2. The third-order valence-corrected chi connectivity index (χ3v) is 3.10. The minimum absolute atomic E-state index is 0.0266. The lowest BCUT2D eigenvalue weighted by Gasteiger charge is -2.27. The number of carbonyl (C=O) groups is 3. The molecule has 1 atom stereocenters. The zero-order chi connectivity index (χ0) is 20.2. The molecule has 0 aliphatic heterocycles. The zero-order valence-corrected chi connectivity index (χ0v) is 16.3. The van der Waals surface area contributed by atoms with Gasteiger partial charge in [0.05, 0.1) is 19.8 Å². The number of ether oxygens (including phenoxy) is 4. The predicted molar refractivity (Wildman–Crippen MR) is 92.9 cm³/mol. The zero-order valence-electron chi connectivity index (χ0n) is 16.3. The van der Waals surface area contributed by atoms with E-state index in [-0.39, 0.29) is 39.2 Å². The maximum Gasteiger partial charge on any atom is 0.407 e. The summed E-state index contributed by atoms with van der Waals surface area (Å²) < 4.78 is 20.4. The van der Waals surface area contributed by atoms with Crippen LogP contribution in [0.4, 0.5) is 4.79 Å². The second kappa shape index (κ2) is 11.7. The molecule has 0 saturated carbocycles. The molecule has 0 spiro atoms. The first kappa shape index (κ1) is 24.1. The van der Waals surface area contributed by atoms with E-state index in [2.05, 4.69) is 5.32 Å². The largest absolute Gasteiger partial charge is 0.479 e. The Morgan fingerprint density at radius 3 is 2.19 bits per heavy atom. The fourth-order valence-corrected chi connectivity index (χ4v) is 2.00. The molecule has 2 N–H and O–H groups in total. The number of rotatable bonds is 12. The van der Waals surface area contributed by atoms with Crippen molar-refractivity contribution in [1.29, 1.82) is 0 Å². The molecule has 0 aliphatic rings. The summed E-state index contributed by atoms with van der Waals surface area (Å²) in [6.45, 7) is 9.24. The SMILES string of the molecule is CCOCCOC(CCCNC(=O)OC(C)(C)C)(C(=O)O)C(=O)OCC. The summed E-state index contributed by atoms with van der Waals surface area (Å²) in [6.07, 6.45) is -0.603. The van der Waals surface area contributed by atoms with Gasteiger partial charge in [-0.05, 0) is 41.0 Å². The number of aliphatic carboxylic acids is 1. The van der Waals surface area contributed by atoms with Crippen molar-refractivity contribution >= 4 is 18.0 Å². The Labute approximate surface area is 154 Å². The molecule has 0 aromatic carbocycles. The van der Waals surface area contributed by atoms with E-state index < -0.39 is 29.2 Å². The number of carbonyl (C=O) groups excluding carboxylic acids is 2. The quantitative estimate of drug-likeness (QED) is 0.300. The predicted octanol–water partition coefficient (Wildman–Crippen LogP) is 1.73. The summed E-state index contributed by atoms with van der Waals surface area (Å²) in [6, 6.07) is 0. The highest BCUT2D eigenvalue weighted by molar-refractivity contribution is 6.02. The van der Waals surface area contributed by atoms with Crippen molar-refractivity contribution < 1.29 is 38.4 Å². The van der Waals surface area contributed by atoms with Crippen LogP contribution < -0.4 is 5.32 Å². The maximum atomic E-state index is 12.2. The van der Waals surface area contributed by atoms with Crippen LogP contribution in [-0.2, 0) is 28.5 Å². The van der Waals surface area contributed by atoms with Crippen LogP contribution in [0.15, 0.2) is 0 Å². The molecule has 0 fully saturated rings. The molecule has 152 valence electrons. The average molecular weight is 377 g/mol. The summed E-state index contributed by atoms with van der Waals surface area (Å²) in [5.74, 6) is -2.41. The molecule has 26 heavy (non-hydrogen) atoms. The Bertz CT molecular complexity index is 460. The van der Waals surface area contributed by atoms with Crippen LogP contribution in [0.25, 0.3) is 0 Å². The van der Waals surface area contributed by atoms with Crippen molar-refractivity contribution in [1.82, 2.24) is 5.32 Å².